The molecule has 0 bridgehead atoms. The number of pyridine rings is 1. The van der Waals surface area contributed by atoms with Gasteiger partial charge in [-0.3, -0.25) is 4.98 Å². The minimum absolute atomic E-state index is 0.0808. The number of carbonyl (C=O) groups is 1. The van der Waals surface area contributed by atoms with Crippen LogP contribution in [0.5, 0.6) is 0 Å². The smallest absolute Gasteiger partial charge is 0.337 e. The summed E-state index contributed by atoms with van der Waals surface area (Å²) >= 11 is 1.58. The maximum atomic E-state index is 12.4. The van der Waals surface area contributed by atoms with Crippen molar-refractivity contribution in [1.29, 1.82) is 0 Å². The van der Waals surface area contributed by atoms with Crippen LogP contribution >= 0.6 is 11.3 Å². The summed E-state index contributed by atoms with van der Waals surface area (Å²) in [5.41, 5.74) is 2.89. The number of hydrogen-bond donors (Lipinski definition) is 1. The fourth-order valence-corrected chi connectivity index (χ4v) is 3.97. The van der Waals surface area contributed by atoms with Crippen molar-refractivity contribution in [2.75, 3.05) is 7.11 Å². The van der Waals surface area contributed by atoms with E-state index in [1.807, 2.05) is 22.9 Å². The summed E-state index contributed by atoms with van der Waals surface area (Å²) in [6.07, 6.45) is 1.65. The highest BCUT2D eigenvalue weighted by molar-refractivity contribution is 7.89. The van der Waals surface area contributed by atoms with Gasteiger partial charge in [-0.05, 0) is 53.4 Å². The normalized spacial score (nSPS) is 11.3. The van der Waals surface area contributed by atoms with Gasteiger partial charge >= 0.3 is 5.97 Å². The van der Waals surface area contributed by atoms with E-state index in [2.05, 4.69) is 14.4 Å². The van der Waals surface area contributed by atoms with E-state index in [1.54, 1.807) is 23.6 Å². The molecule has 8 heteroatoms. The summed E-state index contributed by atoms with van der Waals surface area (Å²) in [6, 6.07) is 11.2. The van der Waals surface area contributed by atoms with Crippen LogP contribution in [-0.4, -0.2) is 26.5 Å². The molecule has 0 aliphatic carbocycles. The highest BCUT2D eigenvalue weighted by atomic mass is 32.2. The van der Waals surface area contributed by atoms with Crippen LogP contribution in [0, 0.1) is 0 Å². The molecule has 26 heavy (non-hydrogen) atoms. The van der Waals surface area contributed by atoms with Gasteiger partial charge in [0.15, 0.2) is 0 Å². The number of hydrogen-bond acceptors (Lipinski definition) is 6. The summed E-state index contributed by atoms with van der Waals surface area (Å²) in [7, 11) is -2.42. The summed E-state index contributed by atoms with van der Waals surface area (Å²) in [5.74, 6) is -0.514. The number of rotatable bonds is 6. The number of thiophene rings is 1. The van der Waals surface area contributed by atoms with Crippen molar-refractivity contribution in [1.82, 2.24) is 9.71 Å². The van der Waals surface area contributed by atoms with Crippen molar-refractivity contribution in [3.8, 4) is 11.3 Å². The third kappa shape index (κ3) is 4.16. The molecule has 0 spiro atoms. The second kappa shape index (κ2) is 7.77. The predicted molar refractivity (Wildman–Crippen MR) is 99.4 cm³/mol. The van der Waals surface area contributed by atoms with E-state index < -0.39 is 16.0 Å². The zero-order chi connectivity index (χ0) is 18.6. The first kappa shape index (κ1) is 18.2. The molecule has 0 aliphatic rings. The van der Waals surface area contributed by atoms with Crippen LogP contribution in [0.1, 0.15) is 15.9 Å². The molecule has 2 heterocycles. The number of aromatic nitrogens is 1. The topological polar surface area (TPSA) is 85.4 Å². The minimum Gasteiger partial charge on any atom is -0.465 e. The minimum atomic E-state index is -3.69. The molecule has 0 radical (unpaired) electrons. The van der Waals surface area contributed by atoms with Crippen LogP contribution < -0.4 is 4.72 Å². The monoisotopic (exact) mass is 388 g/mol. The zero-order valence-electron chi connectivity index (χ0n) is 13.9. The standard InChI is InChI=1S/C18H16N2O4S2/c1-24-18(21)14-2-4-16(5-3-14)26(22,23)20-11-13-6-8-19-17(10-13)15-7-9-25-12-15/h2-10,12,20H,11H2,1H3. The number of nitrogens with zero attached hydrogens (tertiary/aromatic N) is 1. The van der Waals surface area contributed by atoms with Gasteiger partial charge in [-0.2, -0.15) is 11.3 Å². The number of methoxy groups -OCH3 is 1. The Morgan fingerprint density at radius 1 is 1.19 bits per heavy atom. The van der Waals surface area contributed by atoms with Crippen molar-refractivity contribution in [3.63, 3.8) is 0 Å². The molecule has 0 unspecified atom stereocenters. The Hall–Kier alpha value is -2.55. The molecule has 3 aromatic rings. The fourth-order valence-electron chi connectivity index (χ4n) is 2.30. The molecular formula is C18H16N2O4S2. The van der Waals surface area contributed by atoms with Gasteiger partial charge in [0.05, 0.1) is 23.3 Å². The van der Waals surface area contributed by atoms with E-state index in [0.717, 1.165) is 16.8 Å². The second-order valence-corrected chi connectivity index (χ2v) is 7.95. The third-order valence-electron chi connectivity index (χ3n) is 3.69. The van der Waals surface area contributed by atoms with E-state index in [9.17, 15) is 13.2 Å². The van der Waals surface area contributed by atoms with E-state index in [1.165, 1.54) is 31.4 Å². The molecule has 1 N–H and O–H groups in total. The van der Waals surface area contributed by atoms with Gasteiger partial charge < -0.3 is 4.74 Å². The Bertz CT molecular complexity index is 998. The Morgan fingerprint density at radius 3 is 2.62 bits per heavy atom. The number of ether oxygens (including phenoxy) is 1. The fraction of sp³-hybridized carbons (Fsp3) is 0.111. The second-order valence-electron chi connectivity index (χ2n) is 5.40. The lowest BCUT2D eigenvalue weighted by Crippen LogP contribution is -2.23. The number of esters is 1. The number of benzene rings is 1. The maximum Gasteiger partial charge on any atom is 0.337 e. The van der Waals surface area contributed by atoms with E-state index >= 15 is 0 Å². The SMILES string of the molecule is COC(=O)c1ccc(S(=O)(=O)NCc2ccnc(-c3ccsc3)c2)cc1. The van der Waals surface area contributed by atoms with Crippen LogP contribution in [-0.2, 0) is 21.3 Å². The number of carbonyl (C=O) groups excluding carboxylic acids is 1. The Balaban J connectivity index is 1.72. The molecule has 1 aromatic carbocycles. The lowest BCUT2D eigenvalue weighted by atomic mass is 10.1. The predicted octanol–water partition coefficient (Wildman–Crippen LogP) is 3.08. The van der Waals surface area contributed by atoms with Gasteiger partial charge in [-0.1, -0.05) is 0 Å². The summed E-state index contributed by atoms with van der Waals surface area (Å²) in [6.45, 7) is 0.140. The zero-order valence-corrected chi connectivity index (χ0v) is 15.5. The van der Waals surface area contributed by atoms with Gasteiger partial charge in [0.1, 0.15) is 0 Å². The lowest BCUT2D eigenvalue weighted by molar-refractivity contribution is 0.0600. The van der Waals surface area contributed by atoms with Crippen molar-refractivity contribution in [3.05, 3.63) is 70.5 Å². The van der Waals surface area contributed by atoms with E-state index in [0.29, 0.717) is 5.56 Å². The molecule has 0 aliphatic heterocycles. The van der Waals surface area contributed by atoms with Gasteiger partial charge in [0, 0.05) is 23.7 Å². The van der Waals surface area contributed by atoms with Crippen molar-refractivity contribution in [2.45, 2.75) is 11.4 Å². The maximum absolute atomic E-state index is 12.4. The first-order chi connectivity index (χ1) is 12.5. The quantitative estimate of drug-likeness (QED) is 0.656. The third-order valence-corrected chi connectivity index (χ3v) is 5.79. The highest BCUT2D eigenvalue weighted by Crippen LogP contribution is 2.21. The molecule has 0 atom stereocenters. The van der Waals surface area contributed by atoms with Crippen LogP contribution in [0.15, 0.2) is 64.3 Å². The molecule has 3 rings (SSSR count). The molecule has 134 valence electrons. The molecule has 0 amide bonds. The van der Waals surface area contributed by atoms with Crippen LogP contribution in [0.4, 0.5) is 0 Å². The van der Waals surface area contributed by atoms with E-state index in [4.69, 9.17) is 0 Å². The number of nitrogens with one attached hydrogen (secondary N) is 1. The van der Waals surface area contributed by atoms with Gasteiger partial charge in [0.25, 0.3) is 0 Å². The van der Waals surface area contributed by atoms with Crippen molar-refractivity contribution in [2.24, 2.45) is 0 Å². The van der Waals surface area contributed by atoms with Crippen LogP contribution in [0.25, 0.3) is 11.3 Å². The molecule has 0 fully saturated rings. The average Bonchev–Trinajstić information content (AvgIpc) is 3.21. The molecular weight excluding hydrogens is 372 g/mol. The van der Waals surface area contributed by atoms with Gasteiger partial charge in [-0.15, -0.1) is 0 Å². The largest absolute Gasteiger partial charge is 0.465 e. The van der Waals surface area contributed by atoms with Gasteiger partial charge in [0.2, 0.25) is 10.0 Å². The molecule has 6 nitrogen and oxygen atoms in total. The molecule has 0 saturated heterocycles. The van der Waals surface area contributed by atoms with E-state index in [-0.39, 0.29) is 11.4 Å². The van der Waals surface area contributed by atoms with Crippen molar-refractivity contribution >= 4 is 27.3 Å². The number of sulfonamides is 1. The molecule has 2 aromatic heterocycles. The highest BCUT2D eigenvalue weighted by Gasteiger charge is 2.15. The Labute approximate surface area is 155 Å². The summed E-state index contributed by atoms with van der Waals surface area (Å²) in [5, 5.41) is 3.95. The first-order valence-electron chi connectivity index (χ1n) is 7.65. The van der Waals surface area contributed by atoms with Gasteiger partial charge in [-0.25, -0.2) is 17.9 Å². The van der Waals surface area contributed by atoms with Crippen LogP contribution in [0.3, 0.4) is 0 Å². The Kier molecular flexibility index (Phi) is 5.46. The van der Waals surface area contributed by atoms with Crippen molar-refractivity contribution < 1.29 is 17.9 Å². The lowest BCUT2D eigenvalue weighted by Gasteiger charge is -2.08. The van der Waals surface area contributed by atoms with Crippen LogP contribution in [0.2, 0.25) is 0 Å². The average molecular weight is 388 g/mol. The summed E-state index contributed by atoms with van der Waals surface area (Å²) in [4.78, 5) is 15.8. The Morgan fingerprint density at radius 2 is 1.96 bits per heavy atom. The summed E-state index contributed by atoms with van der Waals surface area (Å²) < 4.78 is 32.0. The molecule has 0 saturated carbocycles. The first-order valence-corrected chi connectivity index (χ1v) is 10.1.